The van der Waals surface area contributed by atoms with E-state index in [1.54, 1.807) is 35.5 Å². The fraction of sp³-hybridized carbons (Fsp3) is 0.333. The molecule has 1 aromatic carbocycles. The summed E-state index contributed by atoms with van der Waals surface area (Å²) in [7, 11) is 0. The predicted octanol–water partition coefficient (Wildman–Crippen LogP) is 4.86. The van der Waals surface area contributed by atoms with Crippen molar-refractivity contribution < 1.29 is 13.2 Å². The summed E-state index contributed by atoms with van der Waals surface area (Å²) in [6.07, 6.45) is -2.60. The molecule has 0 atom stereocenters. The number of imidazole rings is 1. The van der Waals surface area contributed by atoms with Gasteiger partial charge >= 0.3 is 6.18 Å². The topological polar surface area (TPSA) is 33.4 Å². The van der Waals surface area contributed by atoms with Crippen molar-refractivity contribution in [2.24, 2.45) is 4.99 Å². The molecule has 0 spiro atoms. The molecule has 128 valence electrons. The van der Waals surface area contributed by atoms with Gasteiger partial charge in [-0.3, -0.25) is 0 Å². The van der Waals surface area contributed by atoms with Gasteiger partial charge in [-0.05, 0) is 31.2 Å². The van der Waals surface area contributed by atoms with Crippen molar-refractivity contribution in [3.05, 3.63) is 41.3 Å². The molecule has 1 aliphatic rings. The van der Waals surface area contributed by atoms with E-state index in [2.05, 4.69) is 9.98 Å². The SMILES string of the molecule is CCn1cnc2c1N=C(SCC(F)(F)F)N(c1ccc(Cl)cc1)C2. The minimum Gasteiger partial charge on any atom is -0.316 e. The van der Waals surface area contributed by atoms with E-state index in [0.717, 1.165) is 11.4 Å². The summed E-state index contributed by atoms with van der Waals surface area (Å²) in [5.74, 6) is -0.377. The molecule has 0 aliphatic carbocycles. The van der Waals surface area contributed by atoms with Gasteiger partial charge < -0.3 is 9.47 Å². The summed E-state index contributed by atoms with van der Waals surface area (Å²) >= 11 is 6.57. The van der Waals surface area contributed by atoms with E-state index in [4.69, 9.17) is 11.6 Å². The molecule has 0 saturated heterocycles. The van der Waals surface area contributed by atoms with Gasteiger partial charge in [-0.25, -0.2) is 9.98 Å². The van der Waals surface area contributed by atoms with Gasteiger partial charge in [-0.1, -0.05) is 23.4 Å². The number of aryl methyl sites for hydroxylation is 1. The van der Waals surface area contributed by atoms with Crippen molar-refractivity contribution in [2.45, 2.75) is 26.2 Å². The van der Waals surface area contributed by atoms with E-state index in [1.165, 1.54) is 0 Å². The predicted molar refractivity (Wildman–Crippen MR) is 91.1 cm³/mol. The second-order valence-electron chi connectivity index (χ2n) is 5.16. The van der Waals surface area contributed by atoms with Crippen molar-refractivity contribution >= 4 is 40.0 Å². The number of rotatable bonds is 3. The lowest BCUT2D eigenvalue weighted by Crippen LogP contribution is -2.32. The molecule has 3 rings (SSSR count). The molecule has 0 fully saturated rings. The van der Waals surface area contributed by atoms with Gasteiger partial charge in [0.1, 0.15) is 5.69 Å². The van der Waals surface area contributed by atoms with Gasteiger partial charge in [0.15, 0.2) is 11.0 Å². The van der Waals surface area contributed by atoms with Crippen LogP contribution in [-0.4, -0.2) is 26.6 Å². The molecule has 2 aromatic rings. The molecule has 0 N–H and O–H groups in total. The average molecular weight is 375 g/mol. The van der Waals surface area contributed by atoms with Crippen molar-refractivity contribution in [3.8, 4) is 0 Å². The summed E-state index contributed by atoms with van der Waals surface area (Å²) in [5, 5.41) is 0.866. The maximum atomic E-state index is 12.6. The Morgan fingerprint density at radius 3 is 2.58 bits per heavy atom. The first-order valence-electron chi connectivity index (χ1n) is 7.22. The monoisotopic (exact) mass is 374 g/mol. The Labute approximate surface area is 146 Å². The van der Waals surface area contributed by atoms with Crippen LogP contribution in [0.1, 0.15) is 12.6 Å². The number of aromatic nitrogens is 2. The highest BCUT2D eigenvalue weighted by atomic mass is 35.5. The fourth-order valence-corrected chi connectivity index (χ4v) is 3.23. The Bertz CT molecular complexity index is 755. The number of alkyl halides is 3. The van der Waals surface area contributed by atoms with Crippen LogP contribution >= 0.6 is 23.4 Å². The van der Waals surface area contributed by atoms with Gasteiger partial charge in [0.25, 0.3) is 0 Å². The molecular formula is C15H14ClF3N4S. The second kappa shape index (κ2) is 6.68. The maximum Gasteiger partial charge on any atom is 0.398 e. The van der Waals surface area contributed by atoms with Crippen molar-refractivity contribution in [2.75, 3.05) is 10.7 Å². The van der Waals surface area contributed by atoms with E-state index >= 15 is 0 Å². The van der Waals surface area contributed by atoms with Gasteiger partial charge in [0.2, 0.25) is 0 Å². The molecule has 1 aromatic heterocycles. The first kappa shape index (κ1) is 17.2. The summed E-state index contributed by atoms with van der Waals surface area (Å²) in [6.45, 7) is 2.96. The highest BCUT2D eigenvalue weighted by Gasteiger charge is 2.32. The highest BCUT2D eigenvalue weighted by molar-refractivity contribution is 8.14. The number of anilines is 1. The third-order valence-electron chi connectivity index (χ3n) is 3.47. The molecule has 0 saturated carbocycles. The third-order valence-corrected chi connectivity index (χ3v) is 4.76. The van der Waals surface area contributed by atoms with Crippen molar-refractivity contribution in [1.29, 1.82) is 0 Å². The Morgan fingerprint density at radius 2 is 1.96 bits per heavy atom. The number of nitrogens with zero attached hydrogens (tertiary/aromatic N) is 4. The van der Waals surface area contributed by atoms with Crippen LogP contribution < -0.4 is 4.90 Å². The normalized spacial score (nSPS) is 14.5. The molecule has 2 heterocycles. The molecule has 0 radical (unpaired) electrons. The number of benzene rings is 1. The largest absolute Gasteiger partial charge is 0.398 e. The lowest BCUT2D eigenvalue weighted by atomic mass is 10.2. The minimum atomic E-state index is -4.26. The van der Waals surface area contributed by atoms with E-state index in [-0.39, 0.29) is 0 Å². The van der Waals surface area contributed by atoms with Crippen LogP contribution in [0, 0.1) is 0 Å². The molecule has 1 aliphatic heterocycles. The van der Waals surface area contributed by atoms with Gasteiger partial charge in [0, 0.05) is 17.3 Å². The van der Waals surface area contributed by atoms with E-state index in [1.807, 2.05) is 11.5 Å². The minimum absolute atomic E-state index is 0.303. The van der Waals surface area contributed by atoms with Crippen LogP contribution in [0.3, 0.4) is 0 Å². The average Bonchev–Trinajstić information content (AvgIpc) is 2.94. The zero-order chi connectivity index (χ0) is 17.3. The summed E-state index contributed by atoms with van der Waals surface area (Å²) in [6, 6.07) is 6.91. The van der Waals surface area contributed by atoms with Crippen molar-refractivity contribution in [3.63, 3.8) is 0 Å². The smallest absolute Gasteiger partial charge is 0.316 e. The summed E-state index contributed by atoms with van der Waals surface area (Å²) < 4.78 is 39.8. The lowest BCUT2D eigenvalue weighted by molar-refractivity contribution is -0.105. The van der Waals surface area contributed by atoms with Crippen LogP contribution in [0.4, 0.5) is 24.7 Å². The third kappa shape index (κ3) is 3.70. The standard InChI is InChI=1S/C15H14ClF3N4S/c1-2-22-9-20-12-7-23(11-5-3-10(16)4-6-11)14(21-13(12)22)24-8-15(17,18)19/h3-6,9H,2,7-8H2,1H3. The highest BCUT2D eigenvalue weighted by Crippen LogP contribution is 2.34. The Balaban J connectivity index is 1.96. The zero-order valence-electron chi connectivity index (χ0n) is 12.7. The second-order valence-corrected chi connectivity index (χ2v) is 6.54. The number of thioether (sulfide) groups is 1. The molecule has 0 bridgehead atoms. The number of halogens is 4. The van der Waals surface area contributed by atoms with Crippen LogP contribution in [0.5, 0.6) is 0 Å². The Morgan fingerprint density at radius 1 is 1.25 bits per heavy atom. The Kier molecular flexibility index (Phi) is 4.78. The van der Waals surface area contributed by atoms with Gasteiger partial charge in [0.05, 0.1) is 18.6 Å². The molecule has 0 unspecified atom stereocenters. The first-order chi connectivity index (χ1) is 11.4. The molecular weight excluding hydrogens is 361 g/mol. The van der Waals surface area contributed by atoms with Gasteiger partial charge in [-0.15, -0.1) is 0 Å². The van der Waals surface area contributed by atoms with Crippen LogP contribution in [0.15, 0.2) is 35.6 Å². The van der Waals surface area contributed by atoms with Crippen LogP contribution in [0.25, 0.3) is 0 Å². The number of amidine groups is 1. The molecule has 0 amide bonds. The summed E-state index contributed by atoms with van der Waals surface area (Å²) in [5.41, 5.74) is 1.47. The molecule has 24 heavy (non-hydrogen) atoms. The lowest BCUT2D eigenvalue weighted by Gasteiger charge is -2.28. The van der Waals surface area contributed by atoms with E-state index in [9.17, 15) is 13.2 Å². The Hall–Kier alpha value is -1.67. The maximum absolute atomic E-state index is 12.6. The number of hydrogen-bond donors (Lipinski definition) is 0. The number of fused-ring (bicyclic) bond motifs is 1. The van der Waals surface area contributed by atoms with E-state index in [0.29, 0.717) is 40.9 Å². The van der Waals surface area contributed by atoms with E-state index < -0.39 is 11.9 Å². The van der Waals surface area contributed by atoms with Crippen LogP contribution in [0.2, 0.25) is 5.02 Å². The summed E-state index contributed by atoms with van der Waals surface area (Å²) in [4.78, 5) is 10.5. The van der Waals surface area contributed by atoms with Gasteiger partial charge in [-0.2, -0.15) is 13.2 Å². The molecule has 9 heteroatoms. The number of aliphatic imine (C=N–C) groups is 1. The zero-order valence-corrected chi connectivity index (χ0v) is 14.3. The first-order valence-corrected chi connectivity index (χ1v) is 8.59. The molecule has 4 nitrogen and oxygen atoms in total. The fourth-order valence-electron chi connectivity index (χ4n) is 2.34. The number of hydrogen-bond acceptors (Lipinski definition) is 4. The van der Waals surface area contributed by atoms with Crippen LogP contribution in [-0.2, 0) is 13.1 Å². The van der Waals surface area contributed by atoms with Crippen molar-refractivity contribution in [1.82, 2.24) is 9.55 Å². The quantitative estimate of drug-likeness (QED) is 0.769.